The van der Waals surface area contributed by atoms with Crippen LogP contribution in [0.1, 0.15) is 29.5 Å². The summed E-state index contributed by atoms with van der Waals surface area (Å²) in [4.78, 5) is 2.46. The number of halogens is 1. The molecule has 1 aliphatic heterocycles. The molecule has 2 aromatic carbocycles. The number of piperidine rings is 1. The lowest BCUT2D eigenvalue weighted by molar-refractivity contribution is -0.0121. The first-order chi connectivity index (χ1) is 11.2. The van der Waals surface area contributed by atoms with Crippen LogP contribution in [0.4, 0.5) is 4.39 Å². The summed E-state index contributed by atoms with van der Waals surface area (Å²) in [7, 11) is 0. The van der Waals surface area contributed by atoms with Gasteiger partial charge in [-0.25, -0.2) is 4.39 Å². The Kier molecular flexibility index (Phi) is 5.42. The van der Waals surface area contributed by atoms with E-state index < -0.39 is 0 Å². The van der Waals surface area contributed by atoms with Gasteiger partial charge in [0.05, 0.1) is 12.7 Å². The van der Waals surface area contributed by atoms with E-state index in [0.29, 0.717) is 6.61 Å². The molecule has 3 rings (SSSR count). The molecule has 1 atom stereocenters. The lowest BCUT2D eigenvalue weighted by Crippen LogP contribution is -2.39. The molecule has 3 heteroatoms. The lowest BCUT2D eigenvalue weighted by Gasteiger charge is -2.33. The van der Waals surface area contributed by atoms with Gasteiger partial charge in [-0.05, 0) is 55.1 Å². The van der Waals surface area contributed by atoms with Crippen LogP contribution in [0.5, 0.6) is 0 Å². The quantitative estimate of drug-likeness (QED) is 0.815. The predicted molar refractivity (Wildman–Crippen MR) is 90.7 cm³/mol. The lowest BCUT2D eigenvalue weighted by atomic mass is 10.0. The number of benzene rings is 2. The van der Waals surface area contributed by atoms with Gasteiger partial charge >= 0.3 is 0 Å². The van der Waals surface area contributed by atoms with Crippen molar-refractivity contribution in [1.29, 1.82) is 0 Å². The Morgan fingerprint density at radius 3 is 2.87 bits per heavy atom. The maximum atomic E-state index is 13.2. The van der Waals surface area contributed by atoms with Gasteiger partial charge in [-0.2, -0.15) is 0 Å². The monoisotopic (exact) mass is 313 g/mol. The van der Waals surface area contributed by atoms with Crippen molar-refractivity contribution in [2.24, 2.45) is 0 Å². The summed E-state index contributed by atoms with van der Waals surface area (Å²) in [5, 5.41) is 0. The summed E-state index contributed by atoms with van der Waals surface area (Å²) < 4.78 is 19.2. The molecule has 1 aliphatic rings. The molecule has 0 amide bonds. The van der Waals surface area contributed by atoms with E-state index >= 15 is 0 Å². The molecule has 0 bridgehead atoms. The van der Waals surface area contributed by atoms with Crippen LogP contribution in [-0.2, 0) is 17.9 Å². The minimum absolute atomic E-state index is 0.198. The molecular formula is C20H24FNO. The average molecular weight is 313 g/mol. The standard InChI is InChI=1S/C20H24FNO/c1-16-6-2-3-8-18(16)13-22-11-5-10-20(14-22)23-15-17-7-4-9-19(21)12-17/h2-4,6-9,12,20H,5,10-11,13-15H2,1H3/t20-/m0/s1. The van der Waals surface area contributed by atoms with E-state index in [1.54, 1.807) is 12.1 Å². The van der Waals surface area contributed by atoms with Gasteiger partial charge in [0, 0.05) is 13.1 Å². The molecule has 1 heterocycles. The molecule has 2 nitrogen and oxygen atoms in total. The van der Waals surface area contributed by atoms with E-state index in [1.165, 1.54) is 17.2 Å². The molecular weight excluding hydrogens is 289 g/mol. The zero-order valence-corrected chi connectivity index (χ0v) is 13.7. The van der Waals surface area contributed by atoms with Gasteiger partial charge in [-0.1, -0.05) is 36.4 Å². The third-order valence-electron chi connectivity index (χ3n) is 4.49. The van der Waals surface area contributed by atoms with E-state index in [4.69, 9.17) is 4.74 Å². The minimum atomic E-state index is -0.198. The Morgan fingerprint density at radius 2 is 2.04 bits per heavy atom. The number of nitrogens with zero attached hydrogens (tertiary/aromatic N) is 1. The van der Waals surface area contributed by atoms with Crippen molar-refractivity contribution < 1.29 is 9.13 Å². The second-order valence-corrected chi connectivity index (χ2v) is 6.37. The molecule has 0 aromatic heterocycles. The number of ether oxygens (including phenoxy) is 1. The van der Waals surface area contributed by atoms with Gasteiger partial charge < -0.3 is 4.74 Å². The SMILES string of the molecule is Cc1ccccc1CN1CCC[C@H](OCc2cccc(F)c2)C1. The molecule has 0 radical (unpaired) electrons. The highest BCUT2D eigenvalue weighted by atomic mass is 19.1. The van der Waals surface area contributed by atoms with Crippen molar-refractivity contribution in [3.05, 3.63) is 71.0 Å². The molecule has 122 valence electrons. The number of rotatable bonds is 5. The summed E-state index contributed by atoms with van der Waals surface area (Å²) >= 11 is 0. The molecule has 1 fully saturated rings. The third kappa shape index (κ3) is 4.63. The van der Waals surface area contributed by atoms with Crippen LogP contribution in [0.25, 0.3) is 0 Å². The Bertz CT molecular complexity index is 643. The molecule has 1 saturated heterocycles. The van der Waals surface area contributed by atoms with Crippen molar-refractivity contribution in [2.75, 3.05) is 13.1 Å². The highest BCUT2D eigenvalue weighted by Crippen LogP contribution is 2.19. The Morgan fingerprint density at radius 1 is 1.17 bits per heavy atom. The Hall–Kier alpha value is -1.71. The Balaban J connectivity index is 1.53. The van der Waals surface area contributed by atoms with Gasteiger partial charge in [0.15, 0.2) is 0 Å². The predicted octanol–water partition coefficient (Wildman–Crippen LogP) is 4.32. The van der Waals surface area contributed by atoms with E-state index in [0.717, 1.165) is 38.0 Å². The fourth-order valence-corrected chi connectivity index (χ4v) is 3.16. The molecule has 0 N–H and O–H groups in total. The topological polar surface area (TPSA) is 12.5 Å². The zero-order valence-electron chi connectivity index (χ0n) is 13.7. The maximum absolute atomic E-state index is 13.2. The summed E-state index contributed by atoms with van der Waals surface area (Å²) in [6, 6.07) is 15.2. The molecule has 0 spiro atoms. The number of hydrogen-bond acceptors (Lipinski definition) is 2. The van der Waals surface area contributed by atoms with Gasteiger partial charge in [0.1, 0.15) is 5.82 Å². The van der Waals surface area contributed by atoms with Crippen LogP contribution in [0, 0.1) is 12.7 Å². The van der Waals surface area contributed by atoms with Crippen LogP contribution in [-0.4, -0.2) is 24.1 Å². The van der Waals surface area contributed by atoms with Crippen LogP contribution in [0.15, 0.2) is 48.5 Å². The van der Waals surface area contributed by atoms with Crippen molar-refractivity contribution in [3.8, 4) is 0 Å². The maximum Gasteiger partial charge on any atom is 0.123 e. The van der Waals surface area contributed by atoms with Crippen LogP contribution < -0.4 is 0 Å². The van der Waals surface area contributed by atoms with Crippen molar-refractivity contribution in [1.82, 2.24) is 4.90 Å². The summed E-state index contributed by atoms with van der Waals surface area (Å²) in [5.74, 6) is -0.198. The van der Waals surface area contributed by atoms with Crippen LogP contribution in [0.3, 0.4) is 0 Å². The first-order valence-electron chi connectivity index (χ1n) is 8.33. The number of likely N-dealkylation sites (tertiary alicyclic amines) is 1. The van der Waals surface area contributed by atoms with Gasteiger partial charge in [-0.3, -0.25) is 4.90 Å². The number of aryl methyl sites for hydroxylation is 1. The van der Waals surface area contributed by atoms with E-state index in [-0.39, 0.29) is 11.9 Å². The molecule has 0 aliphatic carbocycles. The first-order valence-corrected chi connectivity index (χ1v) is 8.33. The number of hydrogen-bond donors (Lipinski definition) is 0. The average Bonchev–Trinajstić information content (AvgIpc) is 2.56. The summed E-state index contributed by atoms with van der Waals surface area (Å²) in [5.41, 5.74) is 3.63. The summed E-state index contributed by atoms with van der Waals surface area (Å²) in [6.45, 7) is 5.70. The highest BCUT2D eigenvalue weighted by Gasteiger charge is 2.20. The second kappa shape index (κ2) is 7.71. The van der Waals surface area contributed by atoms with E-state index in [1.807, 2.05) is 6.07 Å². The largest absolute Gasteiger partial charge is 0.372 e. The molecule has 23 heavy (non-hydrogen) atoms. The van der Waals surface area contributed by atoms with Gasteiger partial charge in [-0.15, -0.1) is 0 Å². The van der Waals surface area contributed by atoms with Gasteiger partial charge in [0.2, 0.25) is 0 Å². The van der Waals surface area contributed by atoms with Gasteiger partial charge in [0.25, 0.3) is 0 Å². The molecule has 0 saturated carbocycles. The first kappa shape index (κ1) is 16.2. The van der Waals surface area contributed by atoms with Crippen molar-refractivity contribution in [3.63, 3.8) is 0 Å². The van der Waals surface area contributed by atoms with E-state index in [9.17, 15) is 4.39 Å². The molecule has 2 aromatic rings. The molecule has 0 unspecified atom stereocenters. The summed E-state index contributed by atoms with van der Waals surface area (Å²) in [6.07, 6.45) is 2.47. The van der Waals surface area contributed by atoms with Crippen molar-refractivity contribution in [2.45, 2.75) is 39.0 Å². The normalized spacial score (nSPS) is 19.0. The van der Waals surface area contributed by atoms with Crippen LogP contribution >= 0.6 is 0 Å². The highest BCUT2D eigenvalue weighted by molar-refractivity contribution is 5.25. The van der Waals surface area contributed by atoms with E-state index in [2.05, 4.69) is 36.1 Å². The van der Waals surface area contributed by atoms with Crippen molar-refractivity contribution >= 4 is 0 Å². The third-order valence-corrected chi connectivity index (χ3v) is 4.49. The minimum Gasteiger partial charge on any atom is -0.372 e. The fraction of sp³-hybridized carbons (Fsp3) is 0.400. The Labute approximate surface area is 137 Å². The fourth-order valence-electron chi connectivity index (χ4n) is 3.16. The second-order valence-electron chi connectivity index (χ2n) is 6.37. The van der Waals surface area contributed by atoms with Crippen LogP contribution in [0.2, 0.25) is 0 Å². The smallest absolute Gasteiger partial charge is 0.123 e. The zero-order chi connectivity index (χ0) is 16.1.